The van der Waals surface area contributed by atoms with Gasteiger partial charge in [0.25, 0.3) is 0 Å². The lowest BCUT2D eigenvalue weighted by molar-refractivity contribution is 0.186. The van der Waals surface area contributed by atoms with E-state index in [9.17, 15) is 4.79 Å². The SMILES string of the molecule is O=C(O)N[C@@H](Cc1cccc(Cl)c1)C1CO1. The summed E-state index contributed by atoms with van der Waals surface area (Å²) in [5.74, 6) is 0. The van der Waals surface area contributed by atoms with Gasteiger partial charge in [-0.15, -0.1) is 0 Å². The molecule has 0 saturated carbocycles. The molecule has 1 saturated heterocycles. The highest BCUT2D eigenvalue weighted by Gasteiger charge is 2.33. The van der Waals surface area contributed by atoms with Gasteiger partial charge >= 0.3 is 6.09 Å². The summed E-state index contributed by atoms with van der Waals surface area (Å²) in [7, 11) is 0. The zero-order chi connectivity index (χ0) is 11.5. The van der Waals surface area contributed by atoms with Gasteiger partial charge in [-0.25, -0.2) is 4.79 Å². The molecule has 0 bridgehead atoms. The van der Waals surface area contributed by atoms with E-state index in [0.29, 0.717) is 18.1 Å². The lowest BCUT2D eigenvalue weighted by atomic mass is 10.0. The zero-order valence-corrected chi connectivity index (χ0v) is 9.28. The molecule has 0 radical (unpaired) electrons. The third-order valence-electron chi connectivity index (χ3n) is 2.46. The van der Waals surface area contributed by atoms with Gasteiger partial charge in [0.15, 0.2) is 0 Å². The van der Waals surface area contributed by atoms with Crippen LogP contribution in [0.3, 0.4) is 0 Å². The average Bonchev–Trinajstić information content (AvgIpc) is 2.99. The summed E-state index contributed by atoms with van der Waals surface area (Å²) >= 11 is 5.86. The molecule has 1 aliphatic rings. The first-order valence-corrected chi connectivity index (χ1v) is 5.38. The topological polar surface area (TPSA) is 61.9 Å². The van der Waals surface area contributed by atoms with Crippen molar-refractivity contribution in [2.75, 3.05) is 6.61 Å². The summed E-state index contributed by atoms with van der Waals surface area (Å²) in [6.07, 6.45) is -0.435. The van der Waals surface area contributed by atoms with Gasteiger partial charge in [0.05, 0.1) is 12.6 Å². The molecule has 1 fully saturated rings. The Morgan fingerprint density at radius 3 is 3.00 bits per heavy atom. The minimum Gasteiger partial charge on any atom is -0.465 e. The smallest absolute Gasteiger partial charge is 0.404 e. The number of nitrogens with one attached hydrogen (secondary N) is 1. The molecule has 0 aliphatic carbocycles. The van der Waals surface area contributed by atoms with E-state index in [0.717, 1.165) is 5.56 Å². The van der Waals surface area contributed by atoms with Crippen LogP contribution in [0.15, 0.2) is 24.3 Å². The van der Waals surface area contributed by atoms with Crippen molar-refractivity contribution in [2.45, 2.75) is 18.6 Å². The van der Waals surface area contributed by atoms with Crippen molar-refractivity contribution in [3.05, 3.63) is 34.9 Å². The number of ether oxygens (including phenoxy) is 1. The monoisotopic (exact) mass is 241 g/mol. The van der Waals surface area contributed by atoms with Gasteiger partial charge in [-0.05, 0) is 24.1 Å². The van der Waals surface area contributed by atoms with E-state index in [2.05, 4.69) is 5.32 Å². The third kappa shape index (κ3) is 3.12. The fourth-order valence-electron chi connectivity index (χ4n) is 1.64. The normalized spacial score (nSPS) is 20.2. The molecule has 1 aliphatic heterocycles. The summed E-state index contributed by atoms with van der Waals surface area (Å²) in [4.78, 5) is 10.6. The second-order valence-corrected chi connectivity index (χ2v) is 4.20. The van der Waals surface area contributed by atoms with E-state index in [-0.39, 0.29) is 12.1 Å². The second-order valence-electron chi connectivity index (χ2n) is 3.76. The highest BCUT2D eigenvalue weighted by Crippen LogP contribution is 2.19. The third-order valence-corrected chi connectivity index (χ3v) is 2.70. The number of halogens is 1. The van der Waals surface area contributed by atoms with E-state index in [4.69, 9.17) is 21.4 Å². The van der Waals surface area contributed by atoms with E-state index < -0.39 is 6.09 Å². The molecule has 86 valence electrons. The molecule has 1 aromatic rings. The van der Waals surface area contributed by atoms with Crippen molar-refractivity contribution in [1.82, 2.24) is 5.32 Å². The number of benzene rings is 1. The predicted octanol–water partition coefficient (Wildman–Crippen LogP) is 1.92. The highest BCUT2D eigenvalue weighted by atomic mass is 35.5. The molecular weight excluding hydrogens is 230 g/mol. The number of rotatable bonds is 4. The Bertz CT molecular complexity index is 393. The Morgan fingerprint density at radius 1 is 1.69 bits per heavy atom. The fourth-order valence-corrected chi connectivity index (χ4v) is 1.85. The minimum atomic E-state index is -1.03. The Morgan fingerprint density at radius 2 is 2.44 bits per heavy atom. The maximum Gasteiger partial charge on any atom is 0.404 e. The second kappa shape index (κ2) is 4.72. The largest absolute Gasteiger partial charge is 0.465 e. The maximum absolute atomic E-state index is 10.6. The van der Waals surface area contributed by atoms with Crippen LogP contribution in [0.2, 0.25) is 5.02 Å². The number of carbonyl (C=O) groups is 1. The van der Waals surface area contributed by atoms with E-state index >= 15 is 0 Å². The first kappa shape index (κ1) is 11.2. The van der Waals surface area contributed by atoms with Gasteiger partial charge in [0, 0.05) is 5.02 Å². The van der Waals surface area contributed by atoms with Crippen molar-refractivity contribution < 1.29 is 14.6 Å². The number of amides is 1. The summed E-state index contributed by atoms with van der Waals surface area (Å²) in [6.45, 7) is 0.617. The minimum absolute atomic E-state index is 0.00455. The van der Waals surface area contributed by atoms with Crippen LogP contribution in [-0.4, -0.2) is 30.0 Å². The number of epoxide rings is 1. The number of carboxylic acid groups (broad SMARTS) is 1. The zero-order valence-electron chi connectivity index (χ0n) is 8.52. The summed E-state index contributed by atoms with van der Waals surface area (Å²) < 4.78 is 5.12. The highest BCUT2D eigenvalue weighted by molar-refractivity contribution is 6.30. The molecule has 1 amide bonds. The van der Waals surface area contributed by atoms with Gasteiger partial charge in [-0.2, -0.15) is 0 Å². The molecule has 0 spiro atoms. The predicted molar refractivity (Wildman–Crippen MR) is 59.8 cm³/mol. The molecule has 1 unspecified atom stereocenters. The summed E-state index contributed by atoms with van der Waals surface area (Å²) in [5, 5.41) is 11.8. The van der Waals surface area contributed by atoms with Crippen LogP contribution >= 0.6 is 11.6 Å². The van der Waals surface area contributed by atoms with E-state index in [1.807, 2.05) is 18.2 Å². The van der Waals surface area contributed by atoms with Gasteiger partial charge in [0.2, 0.25) is 0 Å². The molecule has 1 aromatic carbocycles. The van der Waals surface area contributed by atoms with E-state index in [1.54, 1.807) is 6.07 Å². The van der Waals surface area contributed by atoms with Crippen molar-refractivity contribution in [3.63, 3.8) is 0 Å². The molecular formula is C11H12ClNO3. The maximum atomic E-state index is 10.6. The van der Waals surface area contributed by atoms with Crippen molar-refractivity contribution in [3.8, 4) is 0 Å². The van der Waals surface area contributed by atoms with Gasteiger partial charge in [0.1, 0.15) is 6.10 Å². The van der Waals surface area contributed by atoms with Crippen LogP contribution in [0, 0.1) is 0 Å². The first-order chi connectivity index (χ1) is 7.65. The summed E-state index contributed by atoms with van der Waals surface area (Å²) in [5.41, 5.74) is 1.00. The lowest BCUT2D eigenvalue weighted by Crippen LogP contribution is -2.39. The lowest BCUT2D eigenvalue weighted by Gasteiger charge is -2.14. The molecule has 2 N–H and O–H groups in total. The van der Waals surface area contributed by atoms with Crippen LogP contribution in [0.1, 0.15) is 5.56 Å². The Balaban J connectivity index is 2.02. The van der Waals surface area contributed by atoms with Crippen molar-refractivity contribution in [1.29, 1.82) is 0 Å². The van der Waals surface area contributed by atoms with Crippen molar-refractivity contribution >= 4 is 17.7 Å². The Labute approximate surface area is 98.2 Å². The van der Waals surface area contributed by atoms with Gasteiger partial charge < -0.3 is 15.2 Å². The van der Waals surface area contributed by atoms with Crippen molar-refractivity contribution in [2.24, 2.45) is 0 Å². The van der Waals surface area contributed by atoms with Crippen LogP contribution in [-0.2, 0) is 11.2 Å². The fraction of sp³-hybridized carbons (Fsp3) is 0.364. The average molecular weight is 242 g/mol. The molecule has 4 nitrogen and oxygen atoms in total. The molecule has 2 rings (SSSR count). The van der Waals surface area contributed by atoms with Crippen LogP contribution in [0.5, 0.6) is 0 Å². The Kier molecular flexibility index (Phi) is 3.31. The number of hydrogen-bond donors (Lipinski definition) is 2. The van der Waals surface area contributed by atoms with Crippen LogP contribution in [0.4, 0.5) is 4.79 Å². The first-order valence-electron chi connectivity index (χ1n) is 5.00. The molecule has 0 aromatic heterocycles. The van der Waals surface area contributed by atoms with Gasteiger partial charge in [-0.3, -0.25) is 0 Å². The number of hydrogen-bond acceptors (Lipinski definition) is 2. The standard InChI is InChI=1S/C11H12ClNO3/c12-8-3-1-2-7(4-8)5-9(10-6-16-10)13-11(14)15/h1-4,9-10,13H,5-6H2,(H,14,15)/t9-,10?/m0/s1. The molecule has 1 heterocycles. The molecule has 2 atom stereocenters. The van der Waals surface area contributed by atoms with Crippen LogP contribution < -0.4 is 5.32 Å². The molecule has 16 heavy (non-hydrogen) atoms. The molecule has 5 heteroatoms. The quantitative estimate of drug-likeness (QED) is 0.792. The summed E-state index contributed by atoms with van der Waals surface area (Å²) in [6, 6.07) is 7.20. The Hall–Kier alpha value is -1.26. The van der Waals surface area contributed by atoms with Crippen LogP contribution in [0.25, 0.3) is 0 Å². The van der Waals surface area contributed by atoms with E-state index in [1.165, 1.54) is 0 Å². The van der Waals surface area contributed by atoms with Gasteiger partial charge in [-0.1, -0.05) is 23.7 Å².